The van der Waals surface area contributed by atoms with Crippen molar-refractivity contribution in [2.45, 2.75) is 45.6 Å². The maximum atomic E-state index is 4.79. The van der Waals surface area contributed by atoms with Gasteiger partial charge in [0.25, 0.3) is 0 Å². The van der Waals surface area contributed by atoms with E-state index in [4.69, 9.17) is 4.99 Å². The molecule has 4 rings (SSSR count). The number of hydrogen-bond acceptors (Lipinski definition) is 3. The van der Waals surface area contributed by atoms with Gasteiger partial charge in [-0.05, 0) is 62.9 Å². The Balaban J connectivity index is 0.00000289. The summed E-state index contributed by atoms with van der Waals surface area (Å²) in [5, 5.41) is 6.95. The molecule has 0 radical (unpaired) electrons. The summed E-state index contributed by atoms with van der Waals surface area (Å²) in [5.74, 6) is 1.90. The first-order chi connectivity index (χ1) is 15.2. The SMILES string of the molecule is CCNC(=NCCCc1nc2ccccc2[nH]1)NC(C)c1cccc(N2CCCC2)c1.I. The van der Waals surface area contributed by atoms with Crippen molar-refractivity contribution in [3.63, 3.8) is 0 Å². The highest BCUT2D eigenvalue weighted by Gasteiger charge is 2.14. The van der Waals surface area contributed by atoms with Crippen LogP contribution in [0.3, 0.4) is 0 Å². The number of nitrogens with zero attached hydrogens (tertiary/aromatic N) is 3. The van der Waals surface area contributed by atoms with Crippen LogP contribution in [0.15, 0.2) is 53.5 Å². The van der Waals surface area contributed by atoms with E-state index in [1.807, 2.05) is 18.2 Å². The Labute approximate surface area is 208 Å². The number of para-hydroxylation sites is 2. The molecular weight excluding hydrogens is 511 g/mol. The molecule has 1 atom stereocenters. The molecule has 0 bridgehead atoms. The number of guanidine groups is 1. The highest BCUT2D eigenvalue weighted by atomic mass is 127. The molecular formula is C25H35IN6. The molecule has 2 aromatic carbocycles. The zero-order valence-electron chi connectivity index (χ0n) is 19.1. The average Bonchev–Trinajstić information content (AvgIpc) is 3.46. The Morgan fingerprint density at radius 1 is 1.16 bits per heavy atom. The van der Waals surface area contributed by atoms with Crippen molar-refractivity contribution in [1.29, 1.82) is 0 Å². The van der Waals surface area contributed by atoms with Crippen LogP contribution in [0.2, 0.25) is 0 Å². The second-order valence-electron chi connectivity index (χ2n) is 8.22. The lowest BCUT2D eigenvalue weighted by Crippen LogP contribution is -2.38. The van der Waals surface area contributed by atoms with Crippen molar-refractivity contribution in [2.24, 2.45) is 4.99 Å². The summed E-state index contributed by atoms with van der Waals surface area (Å²) in [6.45, 7) is 8.23. The molecule has 3 aromatic rings. The van der Waals surface area contributed by atoms with Crippen molar-refractivity contribution in [3.8, 4) is 0 Å². The molecule has 1 saturated heterocycles. The molecule has 2 heterocycles. The molecule has 6 nitrogen and oxygen atoms in total. The van der Waals surface area contributed by atoms with Crippen LogP contribution in [-0.4, -0.2) is 42.1 Å². The van der Waals surface area contributed by atoms with E-state index < -0.39 is 0 Å². The minimum absolute atomic E-state index is 0. The van der Waals surface area contributed by atoms with Crippen LogP contribution in [0.5, 0.6) is 0 Å². The number of hydrogen-bond donors (Lipinski definition) is 3. The predicted molar refractivity (Wildman–Crippen MR) is 145 cm³/mol. The van der Waals surface area contributed by atoms with Gasteiger partial charge in [-0.2, -0.15) is 0 Å². The number of anilines is 1. The van der Waals surface area contributed by atoms with E-state index in [1.54, 1.807) is 0 Å². The van der Waals surface area contributed by atoms with Crippen LogP contribution in [0.1, 0.15) is 50.5 Å². The Morgan fingerprint density at radius 3 is 2.75 bits per heavy atom. The summed E-state index contributed by atoms with van der Waals surface area (Å²) in [4.78, 5) is 15.3. The molecule has 0 aliphatic carbocycles. The average molecular weight is 547 g/mol. The van der Waals surface area contributed by atoms with Crippen LogP contribution in [-0.2, 0) is 6.42 Å². The van der Waals surface area contributed by atoms with Gasteiger partial charge in [0.2, 0.25) is 0 Å². The van der Waals surface area contributed by atoms with Crippen molar-refractivity contribution in [2.75, 3.05) is 31.1 Å². The van der Waals surface area contributed by atoms with Gasteiger partial charge in [-0.25, -0.2) is 4.98 Å². The van der Waals surface area contributed by atoms with E-state index in [1.165, 1.54) is 37.2 Å². The Bertz CT molecular complexity index is 975. The second-order valence-corrected chi connectivity index (χ2v) is 8.22. The first-order valence-corrected chi connectivity index (χ1v) is 11.6. The number of aryl methyl sites for hydroxylation is 1. The number of halogens is 1. The summed E-state index contributed by atoms with van der Waals surface area (Å²) in [6, 6.07) is 17.3. The molecule has 1 fully saturated rings. The van der Waals surface area contributed by atoms with Gasteiger partial charge >= 0.3 is 0 Å². The van der Waals surface area contributed by atoms with Gasteiger partial charge in [-0.3, -0.25) is 4.99 Å². The lowest BCUT2D eigenvalue weighted by Gasteiger charge is -2.22. The van der Waals surface area contributed by atoms with Crippen LogP contribution >= 0.6 is 24.0 Å². The van der Waals surface area contributed by atoms with Gasteiger partial charge in [-0.15, -0.1) is 24.0 Å². The molecule has 172 valence electrons. The molecule has 0 saturated carbocycles. The monoisotopic (exact) mass is 546 g/mol. The van der Waals surface area contributed by atoms with Gasteiger partial charge in [0.05, 0.1) is 17.1 Å². The number of nitrogens with one attached hydrogen (secondary N) is 3. The summed E-state index contributed by atoms with van der Waals surface area (Å²) in [5.41, 5.74) is 4.75. The van der Waals surface area contributed by atoms with E-state index >= 15 is 0 Å². The zero-order chi connectivity index (χ0) is 21.5. The van der Waals surface area contributed by atoms with Gasteiger partial charge < -0.3 is 20.5 Å². The largest absolute Gasteiger partial charge is 0.372 e. The van der Waals surface area contributed by atoms with Crippen molar-refractivity contribution >= 4 is 46.7 Å². The molecule has 1 aromatic heterocycles. The van der Waals surface area contributed by atoms with Crippen LogP contribution in [0.25, 0.3) is 11.0 Å². The van der Waals surface area contributed by atoms with E-state index in [-0.39, 0.29) is 30.0 Å². The minimum atomic E-state index is 0. The van der Waals surface area contributed by atoms with Crippen molar-refractivity contribution < 1.29 is 0 Å². The molecule has 7 heteroatoms. The Kier molecular flexibility index (Phi) is 9.20. The molecule has 0 spiro atoms. The fourth-order valence-electron chi connectivity index (χ4n) is 4.14. The minimum Gasteiger partial charge on any atom is -0.372 e. The zero-order valence-corrected chi connectivity index (χ0v) is 21.4. The quantitative estimate of drug-likeness (QED) is 0.161. The van der Waals surface area contributed by atoms with E-state index in [2.05, 4.69) is 69.7 Å². The maximum Gasteiger partial charge on any atom is 0.191 e. The first-order valence-electron chi connectivity index (χ1n) is 11.6. The Morgan fingerprint density at radius 2 is 1.97 bits per heavy atom. The molecule has 32 heavy (non-hydrogen) atoms. The van der Waals surface area contributed by atoms with E-state index in [0.717, 1.165) is 48.7 Å². The highest BCUT2D eigenvalue weighted by molar-refractivity contribution is 14.0. The normalized spacial score (nSPS) is 14.9. The number of aliphatic imine (C=N–C) groups is 1. The fourth-order valence-corrected chi connectivity index (χ4v) is 4.14. The van der Waals surface area contributed by atoms with Gasteiger partial charge in [0.1, 0.15) is 5.82 Å². The lowest BCUT2D eigenvalue weighted by atomic mass is 10.1. The third kappa shape index (κ3) is 6.37. The van der Waals surface area contributed by atoms with Crippen molar-refractivity contribution in [3.05, 3.63) is 59.9 Å². The number of rotatable bonds is 8. The summed E-state index contributed by atoms with van der Waals surface area (Å²) in [7, 11) is 0. The third-order valence-corrected chi connectivity index (χ3v) is 5.82. The summed E-state index contributed by atoms with van der Waals surface area (Å²) < 4.78 is 0. The van der Waals surface area contributed by atoms with Gasteiger partial charge in [-0.1, -0.05) is 24.3 Å². The standard InChI is InChI=1S/C25H34N6.HI/c1-3-26-25(27-15-9-14-24-29-22-12-4-5-13-23(22)30-24)28-19(2)20-10-8-11-21(18-20)31-16-6-7-17-31;/h4-5,8,10-13,18-19H,3,6-7,9,14-17H2,1-2H3,(H,29,30)(H2,26,27,28);1H. The number of imidazole rings is 1. The number of H-pyrrole nitrogens is 1. The van der Waals surface area contributed by atoms with Crippen molar-refractivity contribution in [1.82, 2.24) is 20.6 Å². The smallest absolute Gasteiger partial charge is 0.191 e. The molecule has 1 aliphatic rings. The molecule has 3 N–H and O–H groups in total. The topological polar surface area (TPSA) is 68.3 Å². The molecule has 0 amide bonds. The molecule has 1 aliphatic heterocycles. The predicted octanol–water partition coefficient (Wildman–Crippen LogP) is 5.03. The second kappa shape index (κ2) is 12.1. The van der Waals surface area contributed by atoms with E-state index in [0.29, 0.717) is 0 Å². The number of fused-ring (bicyclic) bond motifs is 1. The number of aromatic nitrogens is 2. The fraction of sp³-hybridized carbons (Fsp3) is 0.440. The third-order valence-electron chi connectivity index (χ3n) is 5.82. The highest BCUT2D eigenvalue weighted by Crippen LogP contribution is 2.24. The maximum absolute atomic E-state index is 4.79. The Hall–Kier alpha value is -2.29. The lowest BCUT2D eigenvalue weighted by molar-refractivity contribution is 0.681. The first kappa shape index (κ1) is 24.4. The molecule has 1 unspecified atom stereocenters. The van der Waals surface area contributed by atoms with E-state index in [9.17, 15) is 0 Å². The number of aromatic amines is 1. The van der Waals surface area contributed by atoms with Crippen LogP contribution in [0.4, 0.5) is 5.69 Å². The summed E-state index contributed by atoms with van der Waals surface area (Å²) >= 11 is 0. The van der Waals surface area contributed by atoms with Crippen LogP contribution in [0, 0.1) is 0 Å². The van der Waals surface area contributed by atoms with Gasteiger partial charge in [0, 0.05) is 38.3 Å². The van der Waals surface area contributed by atoms with Crippen LogP contribution < -0.4 is 15.5 Å². The number of benzene rings is 2. The summed E-state index contributed by atoms with van der Waals surface area (Å²) in [6.07, 6.45) is 4.44. The van der Waals surface area contributed by atoms with Gasteiger partial charge in [0.15, 0.2) is 5.96 Å².